The molecule has 0 saturated heterocycles. The Balaban J connectivity index is 1.84. The van der Waals surface area contributed by atoms with Gasteiger partial charge in [0.2, 0.25) is 0 Å². The fourth-order valence-electron chi connectivity index (χ4n) is 2.27. The highest BCUT2D eigenvalue weighted by atomic mass is 16.1. The van der Waals surface area contributed by atoms with Gasteiger partial charge in [-0.25, -0.2) is 4.98 Å². The predicted octanol–water partition coefficient (Wildman–Crippen LogP) is 2.57. The zero-order valence-corrected chi connectivity index (χ0v) is 12.1. The van der Waals surface area contributed by atoms with Crippen LogP contribution in [-0.2, 0) is 6.54 Å². The summed E-state index contributed by atoms with van der Waals surface area (Å²) in [5.74, 6) is 0. The molecule has 0 saturated carbocycles. The van der Waals surface area contributed by atoms with E-state index in [0.717, 1.165) is 18.6 Å². The number of hydrogen-bond donors (Lipinski definition) is 1. The Labute approximate surface area is 119 Å². The van der Waals surface area contributed by atoms with Gasteiger partial charge >= 0.3 is 0 Å². The third-order valence-corrected chi connectivity index (χ3v) is 3.47. The fourth-order valence-corrected chi connectivity index (χ4v) is 2.27. The molecule has 4 nitrogen and oxygen atoms in total. The van der Waals surface area contributed by atoms with Gasteiger partial charge in [0.25, 0.3) is 5.56 Å². The Hall–Kier alpha value is -1.68. The van der Waals surface area contributed by atoms with Gasteiger partial charge in [0, 0.05) is 13.1 Å². The normalized spacial score (nSPS) is 11.1. The lowest BCUT2D eigenvalue weighted by atomic mass is 10.2. The Morgan fingerprint density at radius 3 is 2.85 bits per heavy atom. The van der Waals surface area contributed by atoms with Crippen LogP contribution in [0, 0.1) is 0 Å². The topological polar surface area (TPSA) is 46.9 Å². The number of benzene rings is 1. The molecule has 0 aliphatic carbocycles. The quantitative estimate of drug-likeness (QED) is 0.752. The molecule has 2 rings (SSSR count). The van der Waals surface area contributed by atoms with Gasteiger partial charge in [-0.1, -0.05) is 38.3 Å². The molecule has 0 unspecified atom stereocenters. The van der Waals surface area contributed by atoms with Crippen LogP contribution >= 0.6 is 0 Å². The van der Waals surface area contributed by atoms with Crippen molar-refractivity contribution in [3.8, 4) is 0 Å². The largest absolute Gasteiger partial charge is 0.315 e. The van der Waals surface area contributed by atoms with Crippen LogP contribution in [0.1, 0.15) is 32.6 Å². The highest BCUT2D eigenvalue weighted by Crippen LogP contribution is 2.04. The zero-order valence-electron chi connectivity index (χ0n) is 12.1. The molecule has 2 aromatic rings. The first-order valence-electron chi connectivity index (χ1n) is 7.48. The number of aromatic nitrogens is 2. The zero-order chi connectivity index (χ0) is 14.2. The second kappa shape index (κ2) is 7.80. The third-order valence-electron chi connectivity index (χ3n) is 3.47. The average molecular weight is 273 g/mol. The van der Waals surface area contributed by atoms with Crippen LogP contribution in [0.25, 0.3) is 10.9 Å². The highest BCUT2D eigenvalue weighted by Gasteiger charge is 2.02. The molecule has 1 N–H and O–H groups in total. The summed E-state index contributed by atoms with van der Waals surface area (Å²) in [7, 11) is 0. The van der Waals surface area contributed by atoms with Gasteiger partial charge in [0.05, 0.1) is 17.2 Å². The number of unbranched alkanes of at least 4 members (excludes halogenated alkanes) is 3. The Kier molecular flexibility index (Phi) is 5.74. The maximum Gasteiger partial charge on any atom is 0.261 e. The van der Waals surface area contributed by atoms with Gasteiger partial charge in [0.15, 0.2) is 0 Å². The van der Waals surface area contributed by atoms with Crippen molar-refractivity contribution < 1.29 is 0 Å². The fraction of sp³-hybridized carbons (Fsp3) is 0.500. The minimum absolute atomic E-state index is 0.0448. The van der Waals surface area contributed by atoms with Crippen molar-refractivity contribution in [2.75, 3.05) is 13.1 Å². The highest BCUT2D eigenvalue weighted by molar-refractivity contribution is 5.76. The van der Waals surface area contributed by atoms with E-state index in [1.807, 2.05) is 24.3 Å². The SMILES string of the molecule is CCCCCCNCCn1cnc2ccccc2c1=O. The van der Waals surface area contributed by atoms with Crippen LogP contribution in [-0.4, -0.2) is 22.6 Å². The summed E-state index contributed by atoms with van der Waals surface area (Å²) in [5, 5.41) is 4.07. The minimum Gasteiger partial charge on any atom is -0.315 e. The second-order valence-corrected chi connectivity index (χ2v) is 5.07. The van der Waals surface area contributed by atoms with Crippen LogP contribution < -0.4 is 10.9 Å². The van der Waals surface area contributed by atoms with E-state index >= 15 is 0 Å². The summed E-state index contributed by atoms with van der Waals surface area (Å²) in [5.41, 5.74) is 0.810. The molecule has 1 aromatic heterocycles. The van der Waals surface area contributed by atoms with Crippen LogP contribution in [0.2, 0.25) is 0 Å². The molecule has 0 fully saturated rings. The molecule has 108 valence electrons. The van der Waals surface area contributed by atoms with Gasteiger partial charge in [-0.15, -0.1) is 0 Å². The van der Waals surface area contributed by atoms with Crippen LogP contribution in [0.3, 0.4) is 0 Å². The molecule has 0 radical (unpaired) electrons. The molecule has 4 heteroatoms. The summed E-state index contributed by atoms with van der Waals surface area (Å²) < 4.78 is 1.68. The van der Waals surface area contributed by atoms with E-state index in [1.54, 1.807) is 10.9 Å². The summed E-state index contributed by atoms with van der Waals surface area (Å²) in [6.45, 7) is 4.72. The first-order valence-corrected chi connectivity index (χ1v) is 7.48. The Bertz CT molecular complexity index is 592. The smallest absolute Gasteiger partial charge is 0.261 e. The van der Waals surface area contributed by atoms with Crippen molar-refractivity contribution in [1.82, 2.24) is 14.9 Å². The molecule has 0 spiro atoms. The lowest BCUT2D eigenvalue weighted by Gasteiger charge is -2.08. The van der Waals surface area contributed by atoms with Gasteiger partial charge in [-0.3, -0.25) is 9.36 Å². The van der Waals surface area contributed by atoms with Gasteiger partial charge in [-0.05, 0) is 25.1 Å². The standard InChI is InChI=1S/C16H23N3O/c1-2-3-4-7-10-17-11-12-19-13-18-15-9-6-5-8-14(15)16(19)20/h5-6,8-9,13,17H,2-4,7,10-12H2,1H3. The number of nitrogens with zero attached hydrogens (tertiary/aromatic N) is 2. The molecule has 0 atom stereocenters. The predicted molar refractivity (Wildman–Crippen MR) is 83.0 cm³/mol. The number of nitrogens with one attached hydrogen (secondary N) is 1. The van der Waals surface area contributed by atoms with Crippen molar-refractivity contribution in [3.63, 3.8) is 0 Å². The maximum atomic E-state index is 12.2. The molecule has 0 aliphatic heterocycles. The summed E-state index contributed by atoms with van der Waals surface area (Å²) in [4.78, 5) is 16.5. The van der Waals surface area contributed by atoms with E-state index < -0.39 is 0 Å². The van der Waals surface area contributed by atoms with E-state index in [9.17, 15) is 4.79 Å². The molecular weight excluding hydrogens is 250 g/mol. The molecule has 1 aromatic carbocycles. The number of hydrogen-bond acceptors (Lipinski definition) is 3. The van der Waals surface area contributed by atoms with Crippen molar-refractivity contribution in [1.29, 1.82) is 0 Å². The molecular formula is C16H23N3O. The monoisotopic (exact) mass is 273 g/mol. The van der Waals surface area contributed by atoms with Crippen molar-refractivity contribution in [3.05, 3.63) is 40.9 Å². The summed E-state index contributed by atoms with van der Waals surface area (Å²) in [6.07, 6.45) is 6.69. The van der Waals surface area contributed by atoms with E-state index in [2.05, 4.69) is 17.2 Å². The number of fused-ring (bicyclic) bond motifs is 1. The maximum absolute atomic E-state index is 12.2. The van der Waals surface area contributed by atoms with Crippen LogP contribution in [0.5, 0.6) is 0 Å². The van der Waals surface area contributed by atoms with Gasteiger partial charge in [-0.2, -0.15) is 0 Å². The van der Waals surface area contributed by atoms with Gasteiger partial charge in [0.1, 0.15) is 0 Å². The van der Waals surface area contributed by atoms with Crippen molar-refractivity contribution in [2.24, 2.45) is 0 Å². The average Bonchev–Trinajstić information content (AvgIpc) is 2.49. The molecule has 0 bridgehead atoms. The Morgan fingerprint density at radius 1 is 1.15 bits per heavy atom. The minimum atomic E-state index is 0.0448. The van der Waals surface area contributed by atoms with Crippen LogP contribution in [0.4, 0.5) is 0 Å². The number of rotatable bonds is 8. The first-order chi connectivity index (χ1) is 9.83. The van der Waals surface area contributed by atoms with E-state index in [1.165, 1.54) is 25.7 Å². The van der Waals surface area contributed by atoms with Gasteiger partial charge < -0.3 is 5.32 Å². The molecule has 20 heavy (non-hydrogen) atoms. The lowest BCUT2D eigenvalue weighted by molar-refractivity contribution is 0.552. The molecule has 0 aliphatic rings. The summed E-state index contributed by atoms with van der Waals surface area (Å²) >= 11 is 0. The number of para-hydroxylation sites is 1. The van der Waals surface area contributed by atoms with E-state index in [-0.39, 0.29) is 5.56 Å². The van der Waals surface area contributed by atoms with E-state index in [0.29, 0.717) is 11.9 Å². The van der Waals surface area contributed by atoms with Crippen molar-refractivity contribution in [2.45, 2.75) is 39.2 Å². The molecule has 1 heterocycles. The molecule has 0 amide bonds. The Morgan fingerprint density at radius 2 is 2.00 bits per heavy atom. The van der Waals surface area contributed by atoms with Crippen molar-refractivity contribution >= 4 is 10.9 Å². The van der Waals surface area contributed by atoms with E-state index in [4.69, 9.17) is 0 Å². The van der Waals surface area contributed by atoms with Crippen LogP contribution in [0.15, 0.2) is 35.4 Å². The second-order valence-electron chi connectivity index (χ2n) is 5.07. The summed E-state index contributed by atoms with van der Waals surface area (Å²) in [6, 6.07) is 7.48. The third kappa shape index (κ3) is 3.90. The first kappa shape index (κ1) is 14.7. The lowest BCUT2D eigenvalue weighted by Crippen LogP contribution is -2.27.